The molecular formula is C17H20ClN5O. The van der Waals surface area contributed by atoms with Gasteiger partial charge in [0, 0.05) is 19.0 Å². The molecule has 7 heteroatoms. The standard InChI is InChI=1S/C17H19N5O.ClH/c1-11-14(19-10-18-11)9-21(2)17(23)15-13-7-3-5-12-6-4-8-22(20-15)16(12)13;/h3,5,7,10H,4,6,8-9H2,1-2H3,(H,18,19);1H. The lowest BCUT2D eigenvalue weighted by Crippen LogP contribution is -2.27. The summed E-state index contributed by atoms with van der Waals surface area (Å²) >= 11 is 0. The molecular weight excluding hydrogens is 326 g/mol. The van der Waals surface area contributed by atoms with Crippen molar-refractivity contribution in [3.05, 3.63) is 47.2 Å². The van der Waals surface area contributed by atoms with Crippen LogP contribution in [0.5, 0.6) is 0 Å². The van der Waals surface area contributed by atoms with Crippen molar-refractivity contribution in [2.24, 2.45) is 0 Å². The number of amides is 1. The van der Waals surface area contributed by atoms with Crippen LogP contribution in [0.3, 0.4) is 0 Å². The first-order chi connectivity index (χ1) is 11.1. The van der Waals surface area contributed by atoms with E-state index in [-0.39, 0.29) is 18.3 Å². The summed E-state index contributed by atoms with van der Waals surface area (Å²) in [6.07, 6.45) is 3.78. The number of rotatable bonds is 3. The normalized spacial score (nSPS) is 12.9. The van der Waals surface area contributed by atoms with E-state index in [4.69, 9.17) is 0 Å². The van der Waals surface area contributed by atoms with Crippen LogP contribution >= 0.6 is 12.4 Å². The van der Waals surface area contributed by atoms with Crippen molar-refractivity contribution < 1.29 is 4.79 Å². The summed E-state index contributed by atoms with van der Waals surface area (Å²) in [4.78, 5) is 21.8. The number of aryl methyl sites for hydroxylation is 3. The number of carbonyl (C=O) groups excluding carboxylic acids is 1. The van der Waals surface area contributed by atoms with Crippen LogP contribution in [-0.4, -0.2) is 37.6 Å². The smallest absolute Gasteiger partial charge is 0.275 e. The molecule has 126 valence electrons. The van der Waals surface area contributed by atoms with E-state index in [1.165, 1.54) is 5.56 Å². The molecule has 0 saturated carbocycles. The molecule has 0 spiro atoms. The predicted octanol–water partition coefficient (Wildman–Crippen LogP) is 2.71. The van der Waals surface area contributed by atoms with Crippen molar-refractivity contribution in [3.8, 4) is 0 Å². The van der Waals surface area contributed by atoms with Gasteiger partial charge in [0.15, 0.2) is 5.69 Å². The highest BCUT2D eigenvalue weighted by Crippen LogP contribution is 2.28. The Morgan fingerprint density at radius 3 is 3.00 bits per heavy atom. The Bertz CT molecular complexity index is 898. The van der Waals surface area contributed by atoms with Gasteiger partial charge in [-0.3, -0.25) is 9.48 Å². The number of hydrogen-bond donors (Lipinski definition) is 1. The van der Waals surface area contributed by atoms with Gasteiger partial charge in [-0.05, 0) is 25.3 Å². The molecule has 0 fully saturated rings. The summed E-state index contributed by atoms with van der Waals surface area (Å²) in [7, 11) is 1.80. The van der Waals surface area contributed by atoms with E-state index in [1.807, 2.05) is 23.7 Å². The van der Waals surface area contributed by atoms with Gasteiger partial charge in [0.25, 0.3) is 5.91 Å². The first kappa shape index (κ1) is 16.5. The van der Waals surface area contributed by atoms with Crippen LogP contribution in [0.2, 0.25) is 0 Å². The van der Waals surface area contributed by atoms with E-state index in [0.717, 1.165) is 41.7 Å². The highest BCUT2D eigenvalue weighted by atomic mass is 35.5. The van der Waals surface area contributed by atoms with E-state index in [9.17, 15) is 4.79 Å². The van der Waals surface area contributed by atoms with Crippen molar-refractivity contribution in [2.45, 2.75) is 32.9 Å². The van der Waals surface area contributed by atoms with E-state index in [1.54, 1.807) is 18.3 Å². The third-order valence-corrected chi connectivity index (χ3v) is 4.55. The third-order valence-electron chi connectivity index (χ3n) is 4.55. The van der Waals surface area contributed by atoms with E-state index in [0.29, 0.717) is 12.2 Å². The van der Waals surface area contributed by atoms with Crippen LogP contribution in [-0.2, 0) is 19.5 Å². The van der Waals surface area contributed by atoms with Crippen molar-refractivity contribution in [2.75, 3.05) is 7.05 Å². The Kier molecular flexibility index (Phi) is 4.32. The topological polar surface area (TPSA) is 66.8 Å². The first-order valence-electron chi connectivity index (χ1n) is 7.88. The number of aromatic nitrogens is 4. The van der Waals surface area contributed by atoms with Gasteiger partial charge in [0.1, 0.15) is 0 Å². The van der Waals surface area contributed by atoms with Gasteiger partial charge in [-0.15, -0.1) is 12.4 Å². The molecule has 1 N–H and O–H groups in total. The lowest BCUT2D eigenvalue weighted by molar-refractivity contribution is 0.0778. The van der Waals surface area contributed by atoms with Crippen LogP contribution in [0.25, 0.3) is 10.9 Å². The first-order valence-corrected chi connectivity index (χ1v) is 7.88. The number of nitrogens with zero attached hydrogens (tertiary/aromatic N) is 4. The van der Waals surface area contributed by atoms with Gasteiger partial charge < -0.3 is 9.88 Å². The predicted molar refractivity (Wildman–Crippen MR) is 94.4 cm³/mol. The molecule has 3 heterocycles. The van der Waals surface area contributed by atoms with Gasteiger partial charge in [-0.25, -0.2) is 4.98 Å². The minimum Gasteiger partial charge on any atom is -0.347 e. The maximum atomic E-state index is 12.9. The molecule has 0 bridgehead atoms. The lowest BCUT2D eigenvalue weighted by Gasteiger charge is -2.15. The highest BCUT2D eigenvalue weighted by molar-refractivity contribution is 6.05. The Morgan fingerprint density at radius 2 is 2.25 bits per heavy atom. The number of hydrogen-bond acceptors (Lipinski definition) is 3. The fourth-order valence-electron chi connectivity index (χ4n) is 3.29. The van der Waals surface area contributed by atoms with E-state index < -0.39 is 0 Å². The summed E-state index contributed by atoms with van der Waals surface area (Å²) in [5.41, 5.74) is 4.82. The van der Waals surface area contributed by atoms with Gasteiger partial charge in [0.2, 0.25) is 0 Å². The zero-order chi connectivity index (χ0) is 16.0. The van der Waals surface area contributed by atoms with Gasteiger partial charge >= 0.3 is 0 Å². The fraction of sp³-hybridized carbons (Fsp3) is 0.353. The second-order valence-corrected chi connectivity index (χ2v) is 6.12. The summed E-state index contributed by atoms with van der Waals surface area (Å²) in [6.45, 7) is 3.31. The Hall–Kier alpha value is -2.34. The van der Waals surface area contributed by atoms with Crippen LogP contribution in [0.1, 0.15) is 33.9 Å². The molecule has 2 aromatic heterocycles. The van der Waals surface area contributed by atoms with Crippen LogP contribution in [0, 0.1) is 6.92 Å². The average Bonchev–Trinajstić information content (AvgIpc) is 3.13. The average molecular weight is 346 g/mol. The lowest BCUT2D eigenvalue weighted by atomic mass is 10.0. The molecule has 3 aromatic rings. The fourth-order valence-corrected chi connectivity index (χ4v) is 3.29. The van der Waals surface area contributed by atoms with E-state index in [2.05, 4.69) is 21.1 Å². The number of H-pyrrole nitrogens is 1. The number of nitrogens with one attached hydrogen (secondary N) is 1. The second kappa shape index (κ2) is 6.28. The van der Waals surface area contributed by atoms with Crippen molar-refractivity contribution in [3.63, 3.8) is 0 Å². The molecule has 1 aromatic carbocycles. The van der Waals surface area contributed by atoms with Crippen LogP contribution in [0.15, 0.2) is 24.5 Å². The monoisotopic (exact) mass is 345 g/mol. The molecule has 6 nitrogen and oxygen atoms in total. The number of halogens is 1. The molecule has 0 radical (unpaired) electrons. The number of imidazole rings is 1. The molecule has 4 rings (SSSR count). The maximum Gasteiger partial charge on any atom is 0.275 e. The van der Waals surface area contributed by atoms with Crippen molar-refractivity contribution in [1.82, 2.24) is 24.6 Å². The summed E-state index contributed by atoms with van der Waals surface area (Å²) in [5, 5.41) is 5.55. The highest BCUT2D eigenvalue weighted by Gasteiger charge is 2.24. The van der Waals surface area contributed by atoms with Crippen molar-refractivity contribution in [1.29, 1.82) is 0 Å². The second-order valence-electron chi connectivity index (χ2n) is 6.12. The molecule has 1 aliphatic rings. The summed E-state index contributed by atoms with van der Waals surface area (Å²) in [6, 6.07) is 6.15. The molecule has 24 heavy (non-hydrogen) atoms. The number of carbonyl (C=O) groups is 1. The quantitative estimate of drug-likeness (QED) is 0.793. The molecule has 0 saturated heterocycles. The van der Waals surface area contributed by atoms with Crippen molar-refractivity contribution >= 4 is 29.2 Å². The zero-order valence-corrected chi connectivity index (χ0v) is 14.6. The molecule has 1 aliphatic heterocycles. The molecule has 1 amide bonds. The van der Waals surface area contributed by atoms with Crippen LogP contribution in [0.4, 0.5) is 0 Å². The Balaban J connectivity index is 0.00000169. The molecule has 0 unspecified atom stereocenters. The minimum absolute atomic E-state index is 0. The van der Waals surface area contributed by atoms with Gasteiger partial charge in [0.05, 0.1) is 29.8 Å². The largest absolute Gasteiger partial charge is 0.347 e. The third kappa shape index (κ3) is 2.57. The summed E-state index contributed by atoms with van der Waals surface area (Å²) < 4.78 is 1.98. The van der Waals surface area contributed by atoms with Crippen LogP contribution < -0.4 is 0 Å². The van der Waals surface area contributed by atoms with E-state index >= 15 is 0 Å². The van der Waals surface area contributed by atoms with Gasteiger partial charge in [-0.2, -0.15) is 5.10 Å². The Morgan fingerprint density at radius 1 is 1.42 bits per heavy atom. The maximum absolute atomic E-state index is 12.9. The van der Waals surface area contributed by atoms with Gasteiger partial charge in [-0.1, -0.05) is 18.2 Å². The number of para-hydroxylation sites is 1. The number of benzene rings is 1. The zero-order valence-electron chi connectivity index (χ0n) is 13.7. The molecule has 0 atom stereocenters. The molecule has 0 aliphatic carbocycles. The Labute approximate surface area is 146 Å². The minimum atomic E-state index is -0.0539. The number of aromatic amines is 1. The summed E-state index contributed by atoms with van der Waals surface area (Å²) in [5.74, 6) is -0.0539. The SMILES string of the molecule is Cc1nc[nH]c1CN(C)C(=O)c1nn2c3c(cccc13)CCC2.Cl.